The summed E-state index contributed by atoms with van der Waals surface area (Å²) in [6.45, 7) is 13.0. The number of likely N-dealkylation sites (N-methyl/N-ethyl adjacent to an activating group) is 1. The van der Waals surface area contributed by atoms with Crippen LogP contribution in [-0.4, -0.2) is 56.7 Å². The molecule has 5 heteroatoms. The molecule has 1 amide bonds. The zero-order chi connectivity index (χ0) is 18.4. The lowest BCUT2D eigenvalue weighted by Crippen LogP contribution is -2.44. The third kappa shape index (κ3) is 6.01. The Morgan fingerprint density at radius 2 is 1.88 bits per heavy atom. The average molecular weight is 348 g/mol. The van der Waals surface area contributed by atoms with E-state index in [9.17, 15) is 4.79 Å². The summed E-state index contributed by atoms with van der Waals surface area (Å²) in [6.07, 6.45) is 0.534. The van der Waals surface area contributed by atoms with Crippen molar-refractivity contribution in [3.8, 4) is 0 Å². The van der Waals surface area contributed by atoms with Crippen molar-refractivity contribution in [2.24, 2.45) is 5.92 Å². The molecule has 1 aliphatic rings. The number of rotatable bonds is 7. The highest BCUT2D eigenvalue weighted by molar-refractivity contribution is 5.94. The standard InChI is InChI=1S/C20H33N3O2/c1-15(2)8-13-25-17(4)20(24)21-19-7-6-18(14-16(19)3)23-11-9-22(5)10-12-23/h6-7,14-15,17H,8-13H2,1-5H3,(H,21,24)/t17-/m1/s1. The van der Waals surface area contributed by atoms with Gasteiger partial charge in [0.1, 0.15) is 6.10 Å². The highest BCUT2D eigenvalue weighted by atomic mass is 16.5. The molecular weight excluding hydrogens is 314 g/mol. The van der Waals surface area contributed by atoms with Gasteiger partial charge in [0.05, 0.1) is 0 Å². The van der Waals surface area contributed by atoms with E-state index in [4.69, 9.17) is 4.74 Å². The predicted octanol–water partition coefficient (Wildman–Crippen LogP) is 3.14. The number of ether oxygens (including phenoxy) is 1. The van der Waals surface area contributed by atoms with Crippen molar-refractivity contribution in [1.29, 1.82) is 0 Å². The van der Waals surface area contributed by atoms with Crippen LogP contribution in [0.2, 0.25) is 0 Å². The third-order valence-electron chi connectivity index (χ3n) is 4.77. The Bertz CT molecular complexity index is 566. The fourth-order valence-corrected chi connectivity index (χ4v) is 2.84. The maximum atomic E-state index is 12.3. The van der Waals surface area contributed by atoms with E-state index in [-0.39, 0.29) is 5.91 Å². The number of anilines is 2. The summed E-state index contributed by atoms with van der Waals surface area (Å²) in [5.74, 6) is 0.499. The number of amides is 1. The fraction of sp³-hybridized carbons (Fsp3) is 0.650. The Labute approximate surface area is 152 Å². The predicted molar refractivity (Wildman–Crippen MR) is 104 cm³/mol. The Kier molecular flexibility index (Phi) is 7.26. The van der Waals surface area contributed by atoms with E-state index >= 15 is 0 Å². The van der Waals surface area contributed by atoms with Crippen LogP contribution in [0.25, 0.3) is 0 Å². The fourth-order valence-electron chi connectivity index (χ4n) is 2.84. The number of carbonyl (C=O) groups excluding carboxylic acids is 1. The van der Waals surface area contributed by atoms with E-state index < -0.39 is 6.10 Å². The zero-order valence-electron chi connectivity index (χ0n) is 16.3. The zero-order valence-corrected chi connectivity index (χ0v) is 16.3. The van der Waals surface area contributed by atoms with Crippen LogP contribution in [0.1, 0.15) is 32.8 Å². The third-order valence-corrected chi connectivity index (χ3v) is 4.77. The number of nitrogens with zero attached hydrogens (tertiary/aromatic N) is 2. The first-order valence-electron chi connectivity index (χ1n) is 9.33. The van der Waals surface area contributed by atoms with Crippen molar-refractivity contribution in [3.05, 3.63) is 23.8 Å². The van der Waals surface area contributed by atoms with Crippen LogP contribution in [0.3, 0.4) is 0 Å². The molecule has 2 rings (SSSR count). The van der Waals surface area contributed by atoms with Crippen molar-refractivity contribution in [1.82, 2.24) is 4.90 Å². The Balaban J connectivity index is 1.90. The molecular formula is C20H33N3O2. The average Bonchev–Trinajstić information content (AvgIpc) is 2.57. The topological polar surface area (TPSA) is 44.8 Å². The van der Waals surface area contributed by atoms with Crippen LogP contribution in [0.5, 0.6) is 0 Å². The van der Waals surface area contributed by atoms with Crippen LogP contribution in [0.4, 0.5) is 11.4 Å². The van der Waals surface area contributed by atoms with Crippen molar-refractivity contribution < 1.29 is 9.53 Å². The first-order valence-corrected chi connectivity index (χ1v) is 9.33. The van der Waals surface area contributed by atoms with Gasteiger partial charge in [0.15, 0.2) is 0 Å². The summed E-state index contributed by atoms with van der Waals surface area (Å²) in [6, 6.07) is 6.26. The lowest BCUT2D eigenvalue weighted by molar-refractivity contribution is -0.126. The van der Waals surface area contributed by atoms with Gasteiger partial charge in [-0.15, -0.1) is 0 Å². The van der Waals surface area contributed by atoms with Gasteiger partial charge in [-0.2, -0.15) is 0 Å². The number of hydrogen-bond donors (Lipinski definition) is 1. The van der Waals surface area contributed by atoms with Crippen molar-refractivity contribution >= 4 is 17.3 Å². The van der Waals surface area contributed by atoms with Gasteiger partial charge in [-0.25, -0.2) is 0 Å². The largest absolute Gasteiger partial charge is 0.369 e. The number of hydrogen-bond acceptors (Lipinski definition) is 4. The second-order valence-electron chi connectivity index (χ2n) is 7.47. The van der Waals surface area contributed by atoms with E-state index in [0.717, 1.165) is 43.9 Å². The maximum absolute atomic E-state index is 12.3. The van der Waals surface area contributed by atoms with Gasteiger partial charge in [-0.05, 0) is 57.0 Å². The molecule has 1 aliphatic heterocycles. The van der Waals surface area contributed by atoms with Crippen molar-refractivity contribution in [2.75, 3.05) is 50.1 Å². The summed E-state index contributed by atoms with van der Waals surface area (Å²) in [7, 11) is 2.16. The molecule has 1 aromatic carbocycles. The van der Waals surface area contributed by atoms with Gasteiger partial charge in [-0.3, -0.25) is 4.79 Å². The molecule has 0 aromatic heterocycles. The molecule has 0 unspecified atom stereocenters. The quantitative estimate of drug-likeness (QED) is 0.823. The summed E-state index contributed by atoms with van der Waals surface area (Å²) in [5.41, 5.74) is 3.17. The Morgan fingerprint density at radius 1 is 1.20 bits per heavy atom. The minimum atomic E-state index is -0.435. The van der Waals surface area contributed by atoms with Crippen molar-refractivity contribution in [3.63, 3.8) is 0 Å². The molecule has 1 aromatic rings. The monoisotopic (exact) mass is 347 g/mol. The number of aryl methyl sites for hydroxylation is 1. The highest BCUT2D eigenvalue weighted by Crippen LogP contribution is 2.24. The summed E-state index contributed by atoms with van der Waals surface area (Å²) in [4.78, 5) is 17.1. The van der Waals surface area contributed by atoms with Crippen LogP contribution in [-0.2, 0) is 9.53 Å². The first-order chi connectivity index (χ1) is 11.9. The molecule has 140 valence electrons. The second-order valence-corrected chi connectivity index (χ2v) is 7.47. The normalized spacial score (nSPS) is 17.0. The molecule has 1 fully saturated rings. The summed E-state index contributed by atoms with van der Waals surface area (Å²) in [5, 5.41) is 2.99. The maximum Gasteiger partial charge on any atom is 0.253 e. The lowest BCUT2D eigenvalue weighted by Gasteiger charge is -2.34. The number of carbonyl (C=O) groups is 1. The minimum absolute atomic E-state index is 0.0841. The summed E-state index contributed by atoms with van der Waals surface area (Å²) >= 11 is 0. The van der Waals surface area contributed by atoms with E-state index in [1.165, 1.54) is 5.69 Å². The molecule has 1 saturated heterocycles. The molecule has 0 bridgehead atoms. The molecule has 0 spiro atoms. The molecule has 25 heavy (non-hydrogen) atoms. The number of nitrogens with one attached hydrogen (secondary N) is 1. The Hall–Kier alpha value is -1.59. The molecule has 1 N–H and O–H groups in total. The van der Waals surface area contributed by atoms with Gasteiger partial charge in [0.25, 0.3) is 5.91 Å². The smallest absolute Gasteiger partial charge is 0.253 e. The van der Waals surface area contributed by atoms with Crippen LogP contribution >= 0.6 is 0 Å². The van der Waals surface area contributed by atoms with Gasteiger partial charge >= 0.3 is 0 Å². The number of benzene rings is 1. The minimum Gasteiger partial charge on any atom is -0.369 e. The van der Waals surface area contributed by atoms with Gasteiger partial charge in [0.2, 0.25) is 0 Å². The van der Waals surface area contributed by atoms with E-state index in [1.54, 1.807) is 0 Å². The molecule has 0 aliphatic carbocycles. The lowest BCUT2D eigenvalue weighted by atomic mass is 10.1. The number of piperazine rings is 1. The van der Waals surface area contributed by atoms with Crippen LogP contribution in [0.15, 0.2) is 18.2 Å². The van der Waals surface area contributed by atoms with Crippen molar-refractivity contribution in [2.45, 2.75) is 40.2 Å². The van der Waals surface area contributed by atoms with Crippen LogP contribution in [0, 0.1) is 12.8 Å². The molecule has 1 atom stereocenters. The van der Waals surface area contributed by atoms with Gasteiger partial charge in [0, 0.05) is 44.2 Å². The van der Waals surface area contributed by atoms with E-state index in [0.29, 0.717) is 12.5 Å². The molecule has 1 heterocycles. The molecule has 0 radical (unpaired) electrons. The second kappa shape index (κ2) is 9.20. The van der Waals surface area contributed by atoms with Crippen LogP contribution < -0.4 is 10.2 Å². The molecule has 5 nitrogen and oxygen atoms in total. The first kappa shape index (κ1) is 19.7. The highest BCUT2D eigenvalue weighted by Gasteiger charge is 2.17. The summed E-state index contributed by atoms with van der Waals surface area (Å²) < 4.78 is 5.63. The Morgan fingerprint density at radius 3 is 2.48 bits per heavy atom. The molecule has 0 saturated carbocycles. The van der Waals surface area contributed by atoms with E-state index in [2.05, 4.69) is 48.1 Å². The SMILES string of the molecule is Cc1cc(N2CCN(C)CC2)ccc1NC(=O)[C@@H](C)OCCC(C)C. The van der Waals surface area contributed by atoms with Gasteiger partial charge < -0.3 is 19.9 Å². The van der Waals surface area contributed by atoms with Gasteiger partial charge in [-0.1, -0.05) is 13.8 Å². The van der Waals surface area contributed by atoms with E-state index in [1.807, 2.05) is 19.9 Å².